The minimum Gasteiger partial charge on any atom is -0.312 e. The first-order valence-electron chi connectivity index (χ1n) is 5.82. The quantitative estimate of drug-likeness (QED) is 0.913. The van der Waals surface area contributed by atoms with Crippen molar-refractivity contribution in [1.82, 2.24) is 24.7 Å². The molecule has 2 aromatic rings. The molecule has 1 unspecified atom stereocenters. The lowest BCUT2D eigenvalue weighted by Crippen LogP contribution is -2.19. The first-order chi connectivity index (χ1) is 8.67. The number of rotatable bonds is 5. The number of halogens is 1. The number of aryl methyl sites for hydroxylation is 2. The summed E-state index contributed by atoms with van der Waals surface area (Å²) in [5.74, 6) is 0. The van der Waals surface area contributed by atoms with Gasteiger partial charge < -0.3 is 5.32 Å². The zero-order valence-electron chi connectivity index (χ0n) is 10.6. The van der Waals surface area contributed by atoms with E-state index in [0.29, 0.717) is 0 Å². The second kappa shape index (κ2) is 5.77. The van der Waals surface area contributed by atoms with Gasteiger partial charge in [0.2, 0.25) is 0 Å². The summed E-state index contributed by atoms with van der Waals surface area (Å²) < 4.78 is 5.76. The van der Waals surface area contributed by atoms with E-state index in [2.05, 4.69) is 26.9 Å². The standard InChI is InChI=1S/C11H16ClN5S/c1-4-7-11(12)9(17(3)15-7)5-8(13-2)10-6-14-16-18-10/h6,8,13H,4-5H2,1-3H3. The molecular formula is C11H16ClN5S. The Hall–Kier alpha value is -0.980. The number of likely N-dealkylation sites (N-methyl/N-ethyl adjacent to an activating group) is 1. The zero-order valence-corrected chi connectivity index (χ0v) is 12.2. The molecule has 98 valence electrons. The summed E-state index contributed by atoms with van der Waals surface area (Å²) in [5, 5.41) is 12.3. The van der Waals surface area contributed by atoms with Gasteiger partial charge in [-0.25, -0.2) is 0 Å². The molecule has 1 atom stereocenters. The van der Waals surface area contributed by atoms with E-state index in [0.717, 1.165) is 34.1 Å². The molecular weight excluding hydrogens is 270 g/mol. The van der Waals surface area contributed by atoms with Gasteiger partial charge in [0, 0.05) is 13.5 Å². The lowest BCUT2D eigenvalue weighted by molar-refractivity contribution is 0.568. The number of hydrogen-bond donors (Lipinski definition) is 1. The Labute approximate surface area is 115 Å². The van der Waals surface area contributed by atoms with Crippen LogP contribution in [0.4, 0.5) is 0 Å². The Bertz CT molecular complexity index is 508. The van der Waals surface area contributed by atoms with E-state index in [1.54, 1.807) is 6.20 Å². The number of nitrogens with zero attached hydrogens (tertiary/aromatic N) is 4. The maximum absolute atomic E-state index is 6.35. The first-order valence-corrected chi connectivity index (χ1v) is 6.97. The average Bonchev–Trinajstić information content (AvgIpc) is 2.97. The largest absolute Gasteiger partial charge is 0.312 e. The molecule has 0 aromatic carbocycles. The lowest BCUT2D eigenvalue weighted by atomic mass is 10.1. The maximum Gasteiger partial charge on any atom is 0.0850 e. The monoisotopic (exact) mass is 285 g/mol. The molecule has 0 amide bonds. The van der Waals surface area contributed by atoms with Crippen LogP contribution in [-0.4, -0.2) is 26.4 Å². The highest BCUT2D eigenvalue weighted by Crippen LogP contribution is 2.26. The fourth-order valence-electron chi connectivity index (χ4n) is 1.91. The van der Waals surface area contributed by atoms with Gasteiger partial charge in [0.25, 0.3) is 0 Å². The van der Waals surface area contributed by atoms with E-state index < -0.39 is 0 Å². The predicted octanol–water partition coefficient (Wildman–Crippen LogP) is 1.99. The van der Waals surface area contributed by atoms with Gasteiger partial charge >= 0.3 is 0 Å². The smallest absolute Gasteiger partial charge is 0.0850 e. The summed E-state index contributed by atoms with van der Waals surface area (Å²) in [5.41, 5.74) is 1.99. The minimum absolute atomic E-state index is 0.169. The summed E-state index contributed by atoms with van der Waals surface area (Å²) in [6, 6.07) is 0.169. The number of hydrogen-bond acceptors (Lipinski definition) is 5. The molecule has 0 saturated carbocycles. The van der Waals surface area contributed by atoms with E-state index in [1.807, 2.05) is 18.8 Å². The third kappa shape index (κ3) is 2.55. The Morgan fingerprint density at radius 1 is 1.56 bits per heavy atom. The molecule has 7 heteroatoms. The van der Waals surface area contributed by atoms with Crippen LogP contribution in [0.3, 0.4) is 0 Å². The van der Waals surface area contributed by atoms with Crippen LogP contribution in [0.1, 0.15) is 29.2 Å². The predicted molar refractivity (Wildman–Crippen MR) is 73.0 cm³/mol. The molecule has 0 fully saturated rings. The highest BCUT2D eigenvalue weighted by Gasteiger charge is 2.19. The molecule has 0 radical (unpaired) electrons. The molecule has 5 nitrogen and oxygen atoms in total. The Morgan fingerprint density at radius 2 is 2.33 bits per heavy atom. The average molecular weight is 286 g/mol. The second-order valence-corrected chi connectivity index (χ2v) is 5.25. The Morgan fingerprint density at radius 3 is 2.83 bits per heavy atom. The van der Waals surface area contributed by atoms with E-state index in [1.165, 1.54) is 11.5 Å². The SMILES string of the molecule is CCc1nn(C)c(CC(NC)c2cnns2)c1Cl. The molecule has 1 N–H and O–H groups in total. The van der Waals surface area contributed by atoms with E-state index in [-0.39, 0.29) is 6.04 Å². The van der Waals surface area contributed by atoms with E-state index in [9.17, 15) is 0 Å². The maximum atomic E-state index is 6.35. The van der Waals surface area contributed by atoms with E-state index in [4.69, 9.17) is 11.6 Å². The summed E-state index contributed by atoms with van der Waals surface area (Å²) >= 11 is 7.76. The van der Waals surface area contributed by atoms with Crippen molar-refractivity contribution in [3.63, 3.8) is 0 Å². The molecule has 18 heavy (non-hydrogen) atoms. The Balaban J connectivity index is 2.25. The van der Waals surface area contributed by atoms with Crippen LogP contribution in [0, 0.1) is 0 Å². The fourth-order valence-corrected chi connectivity index (χ4v) is 2.89. The fraction of sp³-hybridized carbons (Fsp3) is 0.545. The topological polar surface area (TPSA) is 55.6 Å². The molecule has 0 spiro atoms. The molecule has 2 rings (SSSR count). The van der Waals surface area contributed by atoms with Gasteiger partial charge in [0.1, 0.15) is 0 Å². The molecule has 0 bridgehead atoms. The Kier molecular flexibility index (Phi) is 4.31. The van der Waals surface area contributed by atoms with Gasteiger partial charge in [-0.15, -0.1) is 5.10 Å². The summed E-state index contributed by atoms with van der Waals surface area (Å²) in [4.78, 5) is 1.10. The normalized spacial score (nSPS) is 12.9. The van der Waals surface area contributed by atoms with Gasteiger partial charge in [0.15, 0.2) is 0 Å². The lowest BCUT2D eigenvalue weighted by Gasteiger charge is -2.13. The van der Waals surface area contributed by atoms with Crippen LogP contribution < -0.4 is 5.32 Å². The van der Waals surface area contributed by atoms with Gasteiger partial charge in [-0.2, -0.15) is 5.10 Å². The van der Waals surface area contributed by atoms with Crippen LogP contribution in [-0.2, 0) is 19.9 Å². The highest BCUT2D eigenvalue weighted by atomic mass is 35.5. The summed E-state index contributed by atoms with van der Waals surface area (Å²) in [6.07, 6.45) is 3.42. The van der Waals surface area contributed by atoms with Crippen LogP contribution in [0.25, 0.3) is 0 Å². The van der Waals surface area contributed by atoms with Gasteiger partial charge in [-0.1, -0.05) is 23.0 Å². The molecule has 2 aromatic heterocycles. The summed E-state index contributed by atoms with van der Waals surface area (Å²) in [7, 11) is 3.85. The first kappa shape index (κ1) is 13.5. The van der Waals surface area contributed by atoms with Crippen molar-refractivity contribution in [3.05, 3.63) is 27.5 Å². The van der Waals surface area contributed by atoms with Crippen LogP contribution in [0.5, 0.6) is 0 Å². The van der Waals surface area contributed by atoms with Crippen molar-refractivity contribution >= 4 is 23.1 Å². The van der Waals surface area contributed by atoms with E-state index >= 15 is 0 Å². The highest BCUT2D eigenvalue weighted by molar-refractivity contribution is 7.05. The minimum atomic E-state index is 0.169. The van der Waals surface area contributed by atoms with Crippen LogP contribution in [0.2, 0.25) is 5.02 Å². The van der Waals surface area contributed by atoms with Crippen molar-refractivity contribution in [2.75, 3.05) is 7.05 Å². The summed E-state index contributed by atoms with van der Waals surface area (Å²) in [6.45, 7) is 2.06. The molecule has 0 aliphatic rings. The molecule has 2 heterocycles. The third-order valence-corrected chi connectivity index (χ3v) is 4.18. The van der Waals surface area contributed by atoms with Gasteiger partial charge in [-0.05, 0) is 25.0 Å². The van der Waals surface area contributed by atoms with Crippen molar-refractivity contribution in [3.8, 4) is 0 Å². The van der Waals surface area contributed by atoms with Gasteiger partial charge in [0.05, 0.1) is 33.5 Å². The molecule has 0 saturated heterocycles. The van der Waals surface area contributed by atoms with Gasteiger partial charge in [-0.3, -0.25) is 4.68 Å². The van der Waals surface area contributed by atoms with Crippen molar-refractivity contribution in [2.45, 2.75) is 25.8 Å². The van der Waals surface area contributed by atoms with Crippen molar-refractivity contribution in [1.29, 1.82) is 0 Å². The number of nitrogens with one attached hydrogen (secondary N) is 1. The second-order valence-electron chi connectivity index (χ2n) is 4.05. The van der Waals surface area contributed by atoms with Crippen molar-refractivity contribution in [2.24, 2.45) is 7.05 Å². The van der Waals surface area contributed by atoms with Crippen LogP contribution >= 0.6 is 23.1 Å². The van der Waals surface area contributed by atoms with Crippen molar-refractivity contribution < 1.29 is 0 Å². The van der Waals surface area contributed by atoms with Crippen LogP contribution in [0.15, 0.2) is 6.20 Å². The molecule has 0 aliphatic carbocycles. The third-order valence-electron chi connectivity index (χ3n) is 2.97. The molecule has 0 aliphatic heterocycles. The zero-order chi connectivity index (χ0) is 13.1. The number of aromatic nitrogens is 4.